The molecule has 0 spiro atoms. The van der Waals surface area contributed by atoms with Gasteiger partial charge in [-0.05, 0) is 37.1 Å². The molecule has 10 heteroatoms. The number of carboxylic acid groups (broad SMARTS) is 1. The number of fused-ring (bicyclic) bond motifs is 2. The number of sulfonamides is 1. The summed E-state index contributed by atoms with van der Waals surface area (Å²) in [6.45, 7) is 1.34. The van der Waals surface area contributed by atoms with Crippen LogP contribution >= 0.6 is 0 Å². The number of nitrogens with one attached hydrogen (secondary N) is 1. The topological polar surface area (TPSA) is 122 Å². The van der Waals surface area contributed by atoms with Crippen LogP contribution in [0, 0.1) is 11.8 Å². The number of nitrogens with zero attached hydrogens (tertiary/aromatic N) is 1. The molecular formula is C18H22N2O7S. The molecule has 152 valence electrons. The molecule has 2 N–H and O–H groups in total. The van der Waals surface area contributed by atoms with Crippen LogP contribution in [0.1, 0.15) is 12.8 Å². The molecule has 0 aromatic heterocycles. The van der Waals surface area contributed by atoms with Gasteiger partial charge in [-0.1, -0.05) is 0 Å². The van der Waals surface area contributed by atoms with E-state index in [9.17, 15) is 23.1 Å². The predicted molar refractivity (Wildman–Crippen MR) is 97.2 cm³/mol. The monoisotopic (exact) mass is 410 g/mol. The number of rotatable bonds is 5. The van der Waals surface area contributed by atoms with Crippen molar-refractivity contribution < 1.29 is 32.6 Å². The molecule has 3 aliphatic rings. The van der Waals surface area contributed by atoms with Crippen molar-refractivity contribution in [2.75, 3.05) is 31.6 Å². The fourth-order valence-corrected chi connectivity index (χ4v) is 5.60. The largest absolute Gasteiger partial charge is 0.481 e. The Hall–Kier alpha value is -2.01. The lowest BCUT2D eigenvalue weighted by atomic mass is 9.78. The summed E-state index contributed by atoms with van der Waals surface area (Å²) in [5, 5.41) is 12.1. The van der Waals surface area contributed by atoms with E-state index in [0.717, 1.165) is 0 Å². The summed E-state index contributed by atoms with van der Waals surface area (Å²) in [7, 11) is -3.61. The molecule has 2 unspecified atom stereocenters. The Balaban J connectivity index is 1.46. The molecule has 3 saturated heterocycles. The minimum absolute atomic E-state index is 0.138. The third kappa shape index (κ3) is 3.41. The van der Waals surface area contributed by atoms with E-state index in [1.807, 2.05) is 0 Å². The van der Waals surface area contributed by atoms with Crippen molar-refractivity contribution in [1.82, 2.24) is 4.31 Å². The minimum Gasteiger partial charge on any atom is -0.481 e. The zero-order valence-electron chi connectivity index (χ0n) is 15.1. The molecule has 0 aliphatic carbocycles. The van der Waals surface area contributed by atoms with Gasteiger partial charge < -0.3 is 19.9 Å². The van der Waals surface area contributed by atoms with Gasteiger partial charge in [0, 0.05) is 18.8 Å². The molecule has 1 aromatic carbocycles. The summed E-state index contributed by atoms with van der Waals surface area (Å²) in [4.78, 5) is 24.3. The van der Waals surface area contributed by atoms with Crippen molar-refractivity contribution in [1.29, 1.82) is 0 Å². The fraction of sp³-hybridized carbons (Fsp3) is 0.556. The van der Waals surface area contributed by atoms with E-state index in [4.69, 9.17) is 9.47 Å². The first kappa shape index (κ1) is 19.3. The predicted octanol–water partition coefficient (Wildman–Crippen LogP) is 0.524. The first-order valence-corrected chi connectivity index (χ1v) is 10.7. The molecule has 28 heavy (non-hydrogen) atoms. The number of carbonyl (C=O) groups excluding carboxylic acids is 1. The Morgan fingerprint density at radius 2 is 1.64 bits per heavy atom. The highest BCUT2D eigenvalue weighted by Crippen LogP contribution is 2.44. The molecule has 0 saturated carbocycles. The number of ether oxygens (including phenoxy) is 2. The first-order valence-electron chi connectivity index (χ1n) is 9.25. The maximum Gasteiger partial charge on any atom is 0.310 e. The van der Waals surface area contributed by atoms with E-state index in [2.05, 4.69) is 5.32 Å². The Morgan fingerprint density at radius 1 is 1.04 bits per heavy atom. The van der Waals surface area contributed by atoms with E-state index < -0.39 is 39.8 Å². The summed E-state index contributed by atoms with van der Waals surface area (Å²) < 4.78 is 37.4. The van der Waals surface area contributed by atoms with Gasteiger partial charge in [0.15, 0.2) is 0 Å². The number of carbonyl (C=O) groups is 2. The van der Waals surface area contributed by atoms with Crippen LogP contribution in [0.2, 0.25) is 0 Å². The van der Waals surface area contributed by atoms with E-state index in [1.54, 1.807) is 0 Å². The van der Waals surface area contributed by atoms with Crippen LogP contribution in [-0.2, 0) is 29.1 Å². The normalized spacial score (nSPS) is 30.3. The van der Waals surface area contributed by atoms with Crippen LogP contribution in [-0.4, -0.2) is 68.2 Å². The second-order valence-corrected chi connectivity index (χ2v) is 9.15. The zero-order valence-corrected chi connectivity index (χ0v) is 15.9. The van der Waals surface area contributed by atoms with Crippen LogP contribution in [0.15, 0.2) is 29.2 Å². The first-order chi connectivity index (χ1) is 13.4. The van der Waals surface area contributed by atoms with Gasteiger partial charge in [0.25, 0.3) is 0 Å². The van der Waals surface area contributed by atoms with Crippen LogP contribution in [0.4, 0.5) is 5.69 Å². The number of morpholine rings is 1. The number of anilines is 1. The van der Waals surface area contributed by atoms with E-state index in [0.29, 0.717) is 44.8 Å². The van der Waals surface area contributed by atoms with Crippen LogP contribution in [0.25, 0.3) is 0 Å². The van der Waals surface area contributed by atoms with Gasteiger partial charge in [-0.15, -0.1) is 0 Å². The fourth-order valence-electron chi connectivity index (χ4n) is 4.20. The third-order valence-corrected chi connectivity index (χ3v) is 7.50. The third-order valence-electron chi connectivity index (χ3n) is 5.59. The van der Waals surface area contributed by atoms with E-state index in [1.165, 1.54) is 28.6 Å². The maximum atomic E-state index is 12.7. The summed E-state index contributed by atoms with van der Waals surface area (Å²) in [5.41, 5.74) is 0.415. The van der Waals surface area contributed by atoms with Crippen LogP contribution < -0.4 is 5.32 Å². The van der Waals surface area contributed by atoms with E-state index in [-0.39, 0.29) is 11.0 Å². The number of aliphatic carboxylic acids is 1. The van der Waals surface area contributed by atoms with Gasteiger partial charge in [0.1, 0.15) is 0 Å². The number of hydrogen-bond acceptors (Lipinski definition) is 6. The summed E-state index contributed by atoms with van der Waals surface area (Å²) in [5.74, 6) is -3.03. The quantitative estimate of drug-likeness (QED) is 0.726. The Kier molecular flexibility index (Phi) is 5.13. The average Bonchev–Trinajstić information content (AvgIpc) is 3.30. The average molecular weight is 410 g/mol. The van der Waals surface area contributed by atoms with Crippen molar-refractivity contribution in [3.8, 4) is 0 Å². The highest BCUT2D eigenvalue weighted by molar-refractivity contribution is 7.89. The molecule has 0 radical (unpaired) electrons. The van der Waals surface area contributed by atoms with Gasteiger partial charge in [-0.25, -0.2) is 8.42 Å². The molecule has 3 fully saturated rings. The molecule has 2 bridgehead atoms. The Labute approximate surface area is 162 Å². The second kappa shape index (κ2) is 7.43. The smallest absolute Gasteiger partial charge is 0.310 e. The van der Waals surface area contributed by atoms with Crippen molar-refractivity contribution in [2.45, 2.75) is 29.9 Å². The van der Waals surface area contributed by atoms with Gasteiger partial charge >= 0.3 is 5.97 Å². The summed E-state index contributed by atoms with van der Waals surface area (Å²) >= 11 is 0. The van der Waals surface area contributed by atoms with Crippen molar-refractivity contribution in [2.24, 2.45) is 11.8 Å². The Morgan fingerprint density at radius 3 is 2.25 bits per heavy atom. The Bertz CT molecular complexity index is 864. The maximum absolute atomic E-state index is 12.7. The lowest BCUT2D eigenvalue weighted by molar-refractivity contribution is -0.147. The molecule has 1 amide bonds. The molecule has 4 rings (SSSR count). The SMILES string of the molecule is O=C(Nc1ccc(S(=O)(=O)N2CCOCC2)cc1)C1C(C(=O)O)[C@H]2CC[C@@H]1O2. The molecule has 1 aromatic rings. The van der Waals surface area contributed by atoms with Crippen LogP contribution in [0.5, 0.6) is 0 Å². The van der Waals surface area contributed by atoms with E-state index >= 15 is 0 Å². The summed E-state index contributed by atoms with van der Waals surface area (Å²) in [6.07, 6.45) is 0.523. The standard InChI is InChI=1S/C18H22N2O7S/c21-17(15-13-5-6-14(27-13)16(15)18(22)23)19-11-1-3-12(4-2-11)28(24,25)20-7-9-26-10-8-20/h1-4,13-16H,5-10H2,(H,19,21)(H,22,23)/t13-,14+,15?,16?/m0/s1. The minimum atomic E-state index is -3.61. The molecule has 3 aliphatic heterocycles. The number of amides is 1. The van der Waals surface area contributed by atoms with Crippen molar-refractivity contribution in [3.63, 3.8) is 0 Å². The molecular weight excluding hydrogens is 388 g/mol. The lowest BCUT2D eigenvalue weighted by Gasteiger charge is -2.26. The van der Waals surface area contributed by atoms with Gasteiger partial charge in [-0.2, -0.15) is 4.31 Å². The number of carboxylic acids is 1. The zero-order chi connectivity index (χ0) is 19.9. The van der Waals surface area contributed by atoms with Gasteiger partial charge in [-0.3, -0.25) is 9.59 Å². The second-order valence-electron chi connectivity index (χ2n) is 7.21. The molecule has 3 heterocycles. The van der Waals surface area contributed by atoms with Crippen molar-refractivity contribution >= 4 is 27.6 Å². The summed E-state index contributed by atoms with van der Waals surface area (Å²) in [6, 6.07) is 5.89. The number of benzene rings is 1. The number of hydrogen-bond donors (Lipinski definition) is 2. The van der Waals surface area contributed by atoms with Gasteiger partial charge in [0.05, 0.1) is 42.2 Å². The highest BCUT2D eigenvalue weighted by atomic mass is 32.2. The van der Waals surface area contributed by atoms with Crippen LogP contribution in [0.3, 0.4) is 0 Å². The highest BCUT2D eigenvalue weighted by Gasteiger charge is 2.55. The lowest BCUT2D eigenvalue weighted by Crippen LogP contribution is -2.41. The van der Waals surface area contributed by atoms with Crippen molar-refractivity contribution in [3.05, 3.63) is 24.3 Å². The van der Waals surface area contributed by atoms with Gasteiger partial charge in [0.2, 0.25) is 15.9 Å². The molecule has 4 atom stereocenters. The molecule has 9 nitrogen and oxygen atoms in total.